The smallest absolute Gasteiger partial charge is 0.247 e. The first-order chi connectivity index (χ1) is 22.3. The topological polar surface area (TPSA) is 98.3 Å². The Morgan fingerprint density at radius 2 is 1.85 bits per heavy atom. The van der Waals surface area contributed by atoms with Crippen molar-refractivity contribution in [2.75, 3.05) is 80.6 Å². The maximum atomic E-state index is 14.3. The van der Waals surface area contributed by atoms with Gasteiger partial charge in [0.05, 0.1) is 41.8 Å². The van der Waals surface area contributed by atoms with Crippen molar-refractivity contribution in [2.45, 2.75) is 31.3 Å². The third-order valence-corrected chi connectivity index (χ3v) is 9.30. The average molecular weight is 651 g/mol. The standard InChI is InChI=1S/C33H40ClFN8O3/c1-4-33(44)39-26-18-27(30(45-3)19-29(26)42-10-7-23(8-11-42)41-14-12-40(2)13-15-41)38-31-20-32(37-21-36-31)43-28(9-16-46-43)22-5-6-24(34)25(35)17-22/h4-6,17-21,23,28H,1,7-16H2,2-3H3,(H,39,44)(H,36,37,38)/t28-/m1/s1. The van der Waals surface area contributed by atoms with E-state index in [2.05, 4.69) is 48.9 Å². The summed E-state index contributed by atoms with van der Waals surface area (Å²) >= 11 is 5.91. The first-order valence-electron chi connectivity index (χ1n) is 15.6. The minimum Gasteiger partial charge on any atom is -0.494 e. The van der Waals surface area contributed by atoms with E-state index in [0.29, 0.717) is 47.8 Å². The molecule has 2 aromatic carbocycles. The molecule has 0 bridgehead atoms. The largest absolute Gasteiger partial charge is 0.494 e. The van der Waals surface area contributed by atoms with Crippen molar-refractivity contribution in [2.24, 2.45) is 0 Å². The minimum atomic E-state index is -0.481. The third-order valence-electron chi connectivity index (χ3n) is 8.99. The Labute approximate surface area is 273 Å². The van der Waals surface area contributed by atoms with Crippen molar-refractivity contribution in [3.63, 3.8) is 0 Å². The molecule has 0 aliphatic carbocycles. The molecule has 46 heavy (non-hydrogen) atoms. The second-order valence-electron chi connectivity index (χ2n) is 11.8. The molecule has 1 amide bonds. The molecule has 3 aliphatic heterocycles. The third kappa shape index (κ3) is 7.05. The van der Waals surface area contributed by atoms with Gasteiger partial charge >= 0.3 is 0 Å². The summed E-state index contributed by atoms with van der Waals surface area (Å²) in [6.45, 7) is 10.2. The van der Waals surface area contributed by atoms with Gasteiger partial charge in [0, 0.05) is 63.9 Å². The van der Waals surface area contributed by atoms with Crippen LogP contribution in [-0.4, -0.2) is 91.7 Å². The highest BCUT2D eigenvalue weighted by molar-refractivity contribution is 6.30. The summed E-state index contributed by atoms with van der Waals surface area (Å²) in [5, 5.41) is 8.06. The number of benzene rings is 2. The van der Waals surface area contributed by atoms with E-state index in [1.165, 1.54) is 18.5 Å². The molecular weight excluding hydrogens is 611 g/mol. The number of halogens is 2. The predicted molar refractivity (Wildman–Crippen MR) is 179 cm³/mol. The fourth-order valence-corrected chi connectivity index (χ4v) is 6.55. The fraction of sp³-hybridized carbons (Fsp3) is 0.424. The van der Waals surface area contributed by atoms with E-state index < -0.39 is 5.82 Å². The van der Waals surface area contributed by atoms with Crippen LogP contribution in [0.15, 0.2) is 55.4 Å². The number of anilines is 5. The van der Waals surface area contributed by atoms with Crippen molar-refractivity contribution in [3.05, 3.63) is 71.8 Å². The Morgan fingerprint density at radius 3 is 2.57 bits per heavy atom. The van der Waals surface area contributed by atoms with Crippen LogP contribution in [0, 0.1) is 5.82 Å². The Kier molecular flexibility index (Phi) is 9.88. The Balaban J connectivity index is 1.22. The lowest BCUT2D eigenvalue weighted by atomic mass is 10.0. The number of hydrogen-bond acceptors (Lipinski definition) is 10. The lowest BCUT2D eigenvalue weighted by molar-refractivity contribution is -0.111. The lowest BCUT2D eigenvalue weighted by Crippen LogP contribution is -2.52. The van der Waals surface area contributed by atoms with Gasteiger partial charge in [0.25, 0.3) is 0 Å². The second-order valence-corrected chi connectivity index (χ2v) is 12.3. The highest BCUT2D eigenvalue weighted by atomic mass is 35.5. The summed E-state index contributed by atoms with van der Waals surface area (Å²) in [7, 11) is 3.79. The number of piperazine rings is 1. The van der Waals surface area contributed by atoms with E-state index in [4.69, 9.17) is 21.2 Å². The van der Waals surface area contributed by atoms with Crippen LogP contribution in [0.2, 0.25) is 5.02 Å². The van der Waals surface area contributed by atoms with Crippen LogP contribution in [0.5, 0.6) is 5.75 Å². The van der Waals surface area contributed by atoms with E-state index >= 15 is 0 Å². The molecule has 0 saturated carbocycles. The van der Waals surface area contributed by atoms with Gasteiger partial charge in [-0.1, -0.05) is 24.2 Å². The van der Waals surface area contributed by atoms with Crippen molar-refractivity contribution >= 4 is 46.2 Å². The first-order valence-corrected chi connectivity index (χ1v) is 16.0. The minimum absolute atomic E-state index is 0.0708. The van der Waals surface area contributed by atoms with E-state index in [1.54, 1.807) is 30.4 Å². The van der Waals surface area contributed by atoms with Crippen molar-refractivity contribution in [1.29, 1.82) is 0 Å². The molecular formula is C33H40ClFN8O3. The summed E-state index contributed by atoms with van der Waals surface area (Å²) in [4.78, 5) is 34.6. The summed E-state index contributed by atoms with van der Waals surface area (Å²) in [6, 6.07) is 10.6. The molecule has 0 unspecified atom stereocenters. The molecule has 1 aromatic heterocycles. The van der Waals surface area contributed by atoms with E-state index in [9.17, 15) is 9.18 Å². The summed E-state index contributed by atoms with van der Waals surface area (Å²) in [5.41, 5.74) is 2.88. The van der Waals surface area contributed by atoms with Gasteiger partial charge in [-0.25, -0.2) is 19.4 Å². The van der Waals surface area contributed by atoms with Crippen LogP contribution in [0.1, 0.15) is 30.9 Å². The van der Waals surface area contributed by atoms with Crippen molar-refractivity contribution < 1.29 is 18.8 Å². The quantitative estimate of drug-likeness (QED) is 0.299. The van der Waals surface area contributed by atoms with Gasteiger partial charge in [-0.3, -0.25) is 14.5 Å². The number of hydrogen-bond donors (Lipinski definition) is 2. The number of ether oxygens (including phenoxy) is 1. The van der Waals surface area contributed by atoms with Crippen molar-refractivity contribution in [3.8, 4) is 5.75 Å². The Bertz CT molecular complexity index is 1560. The number of aromatic nitrogens is 2. The number of carbonyl (C=O) groups is 1. The molecule has 244 valence electrons. The first kappa shape index (κ1) is 32.0. The van der Waals surface area contributed by atoms with Crippen LogP contribution < -0.4 is 25.3 Å². The molecule has 2 N–H and O–H groups in total. The molecule has 3 aliphatic rings. The normalized spacial score (nSPS) is 19.7. The highest BCUT2D eigenvalue weighted by Gasteiger charge is 2.31. The number of rotatable bonds is 9. The maximum Gasteiger partial charge on any atom is 0.247 e. The highest BCUT2D eigenvalue weighted by Crippen LogP contribution is 2.41. The van der Waals surface area contributed by atoms with E-state index in [1.807, 2.05) is 12.1 Å². The van der Waals surface area contributed by atoms with Gasteiger partial charge in [-0.15, -0.1) is 0 Å². The molecule has 11 nitrogen and oxygen atoms in total. The number of piperidine rings is 1. The van der Waals surface area contributed by atoms with Gasteiger partial charge in [0.15, 0.2) is 5.82 Å². The van der Waals surface area contributed by atoms with E-state index in [0.717, 1.165) is 63.4 Å². The number of nitrogens with one attached hydrogen (secondary N) is 2. The van der Waals surface area contributed by atoms with Gasteiger partial charge in [0.2, 0.25) is 5.91 Å². The Hall–Kier alpha value is -3.97. The molecule has 6 rings (SSSR count). The zero-order valence-corrected chi connectivity index (χ0v) is 27.0. The molecule has 3 saturated heterocycles. The second kappa shape index (κ2) is 14.2. The predicted octanol–water partition coefficient (Wildman–Crippen LogP) is 5.25. The van der Waals surface area contributed by atoms with Crippen molar-refractivity contribution in [1.82, 2.24) is 19.8 Å². The molecule has 0 radical (unpaired) electrons. The molecule has 13 heteroatoms. The zero-order valence-electron chi connectivity index (χ0n) is 26.2. The number of methoxy groups -OCH3 is 1. The zero-order chi connectivity index (χ0) is 32.2. The maximum absolute atomic E-state index is 14.3. The lowest BCUT2D eigenvalue weighted by Gasteiger charge is -2.43. The average Bonchev–Trinajstić information content (AvgIpc) is 3.57. The summed E-state index contributed by atoms with van der Waals surface area (Å²) in [5.74, 6) is 0.811. The molecule has 1 atom stereocenters. The van der Waals surface area contributed by atoms with Crippen LogP contribution in [0.4, 0.5) is 33.1 Å². The van der Waals surface area contributed by atoms with Crippen LogP contribution >= 0.6 is 11.6 Å². The van der Waals surface area contributed by atoms with Gasteiger partial charge in [-0.2, -0.15) is 0 Å². The Morgan fingerprint density at radius 1 is 1.07 bits per heavy atom. The molecule has 4 heterocycles. The number of amides is 1. The van der Waals surface area contributed by atoms with Crippen LogP contribution in [-0.2, 0) is 9.63 Å². The van der Waals surface area contributed by atoms with Gasteiger partial charge in [-0.05, 0) is 49.7 Å². The van der Waals surface area contributed by atoms with Crippen LogP contribution in [0.25, 0.3) is 0 Å². The summed E-state index contributed by atoms with van der Waals surface area (Å²) in [6.07, 6.45) is 5.45. The monoisotopic (exact) mass is 650 g/mol. The number of hydroxylamine groups is 1. The molecule has 3 fully saturated rings. The molecule has 0 spiro atoms. The number of carbonyl (C=O) groups excluding carboxylic acids is 1. The van der Waals surface area contributed by atoms with Gasteiger partial charge < -0.3 is 25.2 Å². The number of likely N-dealkylation sites (N-methyl/N-ethyl adjacent to an activating group) is 1. The fourth-order valence-electron chi connectivity index (χ4n) is 6.43. The molecule has 3 aromatic rings. The number of nitrogens with zero attached hydrogens (tertiary/aromatic N) is 6. The van der Waals surface area contributed by atoms with Crippen LogP contribution in [0.3, 0.4) is 0 Å². The van der Waals surface area contributed by atoms with E-state index in [-0.39, 0.29) is 17.0 Å². The summed E-state index contributed by atoms with van der Waals surface area (Å²) < 4.78 is 20.1. The van der Waals surface area contributed by atoms with Gasteiger partial charge in [0.1, 0.15) is 23.7 Å². The SMILES string of the molecule is C=CC(=O)Nc1cc(Nc2cc(N3OCC[C@@H]3c3ccc(Cl)c(F)c3)ncn2)c(OC)cc1N1CCC(N2CCN(C)CC2)CC1.